The largest absolute Gasteiger partial charge is 0.444 e. The van der Waals surface area contributed by atoms with Crippen LogP contribution in [0.5, 0.6) is 0 Å². The van der Waals surface area contributed by atoms with E-state index in [9.17, 15) is 4.79 Å². The molecular weight excluding hydrogens is 184 g/mol. The summed E-state index contributed by atoms with van der Waals surface area (Å²) in [6, 6.07) is -0.310. The number of likely N-dealkylation sites (N-methyl/N-ethyl adjacent to an activating group) is 1. The summed E-state index contributed by atoms with van der Waals surface area (Å²) in [6.45, 7) is 5.77. The van der Waals surface area contributed by atoms with E-state index in [1.807, 2.05) is 0 Å². The van der Waals surface area contributed by atoms with E-state index >= 15 is 0 Å². The Kier molecular flexibility index (Phi) is 5.49. The number of aliphatic hydroxyl groups excluding tert-OH is 1. The van der Waals surface area contributed by atoms with Gasteiger partial charge in [0.1, 0.15) is 5.60 Å². The van der Waals surface area contributed by atoms with Crippen LogP contribution in [0.3, 0.4) is 0 Å². The van der Waals surface area contributed by atoms with Crippen LogP contribution < -0.4 is 10.6 Å². The van der Waals surface area contributed by atoms with Crippen molar-refractivity contribution in [3.63, 3.8) is 0 Å². The third-order valence-electron chi connectivity index (χ3n) is 1.39. The molecule has 1 amide bonds. The van der Waals surface area contributed by atoms with Gasteiger partial charge in [-0.1, -0.05) is 0 Å². The van der Waals surface area contributed by atoms with Gasteiger partial charge in [-0.15, -0.1) is 0 Å². The average molecular weight is 204 g/mol. The van der Waals surface area contributed by atoms with Crippen molar-refractivity contribution in [1.82, 2.24) is 10.6 Å². The second-order valence-corrected chi connectivity index (χ2v) is 4.08. The Morgan fingerprint density at radius 1 is 1.50 bits per heavy atom. The van der Waals surface area contributed by atoms with Gasteiger partial charge in [-0.25, -0.2) is 4.79 Å². The van der Waals surface area contributed by atoms with Gasteiger partial charge in [-0.3, -0.25) is 0 Å². The van der Waals surface area contributed by atoms with E-state index in [1.165, 1.54) is 0 Å². The summed E-state index contributed by atoms with van der Waals surface area (Å²) in [7, 11) is 1.75. The normalized spacial score (nSPS) is 13.5. The maximum atomic E-state index is 11.2. The molecule has 84 valence electrons. The number of carbonyl (C=O) groups is 1. The number of alkyl carbamates (subject to hydrolysis) is 1. The number of ether oxygens (including phenoxy) is 1. The SMILES string of the molecule is CNC[C@H](CO)NC(=O)OC(C)(C)C. The lowest BCUT2D eigenvalue weighted by Crippen LogP contribution is -2.45. The zero-order chi connectivity index (χ0) is 11.2. The van der Waals surface area contributed by atoms with Crippen LogP contribution in [0.1, 0.15) is 20.8 Å². The molecule has 0 aliphatic carbocycles. The molecular formula is C9H20N2O3. The summed E-state index contributed by atoms with van der Waals surface area (Å²) < 4.78 is 5.03. The third-order valence-corrected chi connectivity index (χ3v) is 1.39. The van der Waals surface area contributed by atoms with Gasteiger partial charge in [-0.05, 0) is 27.8 Å². The molecule has 14 heavy (non-hydrogen) atoms. The Hall–Kier alpha value is -0.810. The lowest BCUT2D eigenvalue weighted by molar-refractivity contribution is 0.0483. The second kappa shape index (κ2) is 5.82. The van der Waals surface area contributed by atoms with Crippen LogP contribution in [-0.2, 0) is 4.74 Å². The van der Waals surface area contributed by atoms with Gasteiger partial charge in [0.25, 0.3) is 0 Å². The van der Waals surface area contributed by atoms with Crippen molar-refractivity contribution < 1.29 is 14.6 Å². The summed E-state index contributed by atoms with van der Waals surface area (Å²) >= 11 is 0. The molecule has 0 saturated carbocycles. The number of carbonyl (C=O) groups excluding carboxylic acids is 1. The van der Waals surface area contributed by atoms with Crippen molar-refractivity contribution in [1.29, 1.82) is 0 Å². The summed E-state index contributed by atoms with van der Waals surface area (Å²) in [5.41, 5.74) is -0.510. The molecule has 1 atom stereocenters. The maximum Gasteiger partial charge on any atom is 0.407 e. The molecule has 0 aromatic rings. The van der Waals surface area contributed by atoms with Gasteiger partial charge in [0.2, 0.25) is 0 Å². The minimum atomic E-state index is -0.510. The molecule has 0 aromatic heterocycles. The zero-order valence-electron chi connectivity index (χ0n) is 9.26. The number of aliphatic hydroxyl groups is 1. The van der Waals surface area contributed by atoms with Gasteiger partial charge in [0.05, 0.1) is 12.6 Å². The Bertz CT molecular complexity index is 177. The molecule has 0 bridgehead atoms. The van der Waals surface area contributed by atoms with E-state index in [-0.39, 0.29) is 12.6 Å². The van der Waals surface area contributed by atoms with Crippen LogP contribution >= 0.6 is 0 Å². The second-order valence-electron chi connectivity index (χ2n) is 4.08. The molecule has 5 nitrogen and oxygen atoms in total. The highest BCUT2D eigenvalue weighted by Gasteiger charge is 2.18. The highest BCUT2D eigenvalue weighted by molar-refractivity contribution is 5.68. The van der Waals surface area contributed by atoms with Crippen molar-refractivity contribution in [3.05, 3.63) is 0 Å². The zero-order valence-corrected chi connectivity index (χ0v) is 9.26. The third kappa shape index (κ3) is 6.68. The first-order valence-electron chi connectivity index (χ1n) is 4.64. The topological polar surface area (TPSA) is 70.6 Å². The lowest BCUT2D eigenvalue weighted by atomic mass is 10.2. The van der Waals surface area contributed by atoms with E-state index in [2.05, 4.69) is 10.6 Å². The molecule has 3 N–H and O–H groups in total. The molecule has 0 aromatic carbocycles. The molecule has 0 aliphatic heterocycles. The quantitative estimate of drug-likeness (QED) is 0.607. The van der Waals surface area contributed by atoms with Crippen LogP contribution in [0, 0.1) is 0 Å². The summed E-state index contributed by atoms with van der Waals surface area (Å²) in [5, 5.41) is 14.3. The van der Waals surface area contributed by atoms with Gasteiger partial charge in [0, 0.05) is 6.54 Å². The smallest absolute Gasteiger partial charge is 0.407 e. The van der Waals surface area contributed by atoms with Crippen LogP contribution in [0.2, 0.25) is 0 Å². The van der Waals surface area contributed by atoms with Gasteiger partial charge in [-0.2, -0.15) is 0 Å². The van der Waals surface area contributed by atoms with Crippen molar-refractivity contribution in [3.8, 4) is 0 Å². The van der Waals surface area contributed by atoms with Crippen molar-refractivity contribution in [2.24, 2.45) is 0 Å². The van der Waals surface area contributed by atoms with Crippen LogP contribution in [0.25, 0.3) is 0 Å². The van der Waals surface area contributed by atoms with E-state index < -0.39 is 11.7 Å². The standard InChI is InChI=1S/C9H20N2O3/c1-9(2,3)14-8(13)11-7(6-12)5-10-4/h7,10,12H,5-6H2,1-4H3,(H,11,13)/t7-/m1/s1. The highest BCUT2D eigenvalue weighted by Crippen LogP contribution is 2.06. The molecule has 0 rings (SSSR count). The monoisotopic (exact) mass is 204 g/mol. The number of hydrogen-bond donors (Lipinski definition) is 3. The van der Waals surface area contributed by atoms with Gasteiger partial charge >= 0.3 is 6.09 Å². The summed E-state index contributed by atoms with van der Waals surface area (Å²) in [6.07, 6.45) is -0.508. The maximum absolute atomic E-state index is 11.2. The molecule has 0 radical (unpaired) electrons. The minimum absolute atomic E-state index is 0.111. The molecule has 0 fully saturated rings. The predicted molar refractivity (Wildman–Crippen MR) is 54.2 cm³/mol. The van der Waals surface area contributed by atoms with Gasteiger partial charge in [0.15, 0.2) is 0 Å². The van der Waals surface area contributed by atoms with Crippen molar-refractivity contribution in [2.75, 3.05) is 20.2 Å². The molecule has 0 saturated heterocycles. The molecule has 5 heteroatoms. The Morgan fingerprint density at radius 3 is 2.43 bits per heavy atom. The first-order valence-corrected chi connectivity index (χ1v) is 4.64. The summed E-state index contributed by atoms with van der Waals surface area (Å²) in [5.74, 6) is 0. The number of rotatable bonds is 4. The first-order chi connectivity index (χ1) is 6.39. The van der Waals surface area contributed by atoms with E-state index in [0.29, 0.717) is 6.54 Å². The Balaban J connectivity index is 3.91. The fourth-order valence-electron chi connectivity index (χ4n) is 0.882. The van der Waals surface area contributed by atoms with Gasteiger partial charge < -0.3 is 20.5 Å². The van der Waals surface area contributed by atoms with Crippen LogP contribution in [0.15, 0.2) is 0 Å². The molecule has 0 heterocycles. The fraction of sp³-hybridized carbons (Fsp3) is 0.889. The molecule has 0 unspecified atom stereocenters. The van der Waals surface area contributed by atoms with Crippen LogP contribution in [0.4, 0.5) is 4.79 Å². The highest BCUT2D eigenvalue weighted by atomic mass is 16.6. The van der Waals surface area contributed by atoms with Crippen LogP contribution in [-0.4, -0.2) is 43.0 Å². The van der Waals surface area contributed by atoms with E-state index in [1.54, 1.807) is 27.8 Å². The fourth-order valence-corrected chi connectivity index (χ4v) is 0.882. The van der Waals surface area contributed by atoms with E-state index in [0.717, 1.165) is 0 Å². The average Bonchev–Trinajstić information content (AvgIpc) is 2.00. The molecule has 0 spiro atoms. The Morgan fingerprint density at radius 2 is 2.07 bits per heavy atom. The Labute approximate surface area is 84.8 Å². The predicted octanol–water partition coefficient (Wildman–Crippen LogP) is 0.0914. The minimum Gasteiger partial charge on any atom is -0.444 e. The van der Waals surface area contributed by atoms with Crippen molar-refractivity contribution in [2.45, 2.75) is 32.4 Å². The number of amides is 1. The van der Waals surface area contributed by atoms with E-state index in [4.69, 9.17) is 9.84 Å². The molecule has 0 aliphatic rings. The number of nitrogens with one attached hydrogen (secondary N) is 2. The number of hydrogen-bond acceptors (Lipinski definition) is 4. The first kappa shape index (κ1) is 13.2. The van der Waals surface area contributed by atoms with Crippen molar-refractivity contribution >= 4 is 6.09 Å². The summed E-state index contributed by atoms with van der Waals surface area (Å²) in [4.78, 5) is 11.2. The lowest BCUT2D eigenvalue weighted by Gasteiger charge is -2.22.